The molecular weight excluding hydrogens is 188 g/mol. The quantitative estimate of drug-likeness (QED) is 0.444. The number of esters is 1. The smallest absolute Gasteiger partial charge is 0.325 e. The molecule has 6 nitrogen and oxygen atoms in total. The molecular formula is C8H12N2O4. The zero-order chi connectivity index (χ0) is 10.6. The second kappa shape index (κ2) is 4.59. The maximum atomic E-state index is 11.2. The van der Waals surface area contributed by atoms with E-state index in [1.54, 1.807) is 6.92 Å². The van der Waals surface area contributed by atoms with Crippen molar-refractivity contribution in [3.63, 3.8) is 0 Å². The van der Waals surface area contributed by atoms with E-state index >= 15 is 0 Å². The normalized spacial score (nSPS) is 16.5. The van der Waals surface area contributed by atoms with Gasteiger partial charge < -0.3 is 15.0 Å². The van der Waals surface area contributed by atoms with Crippen LogP contribution in [-0.4, -0.2) is 48.9 Å². The number of amides is 2. The Bertz CT molecular complexity index is 264. The van der Waals surface area contributed by atoms with Crippen LogP contribution in [-0.2, 0) is 19.1 Å². The summed E-state index contributed by atoms with van der Waals surface area (Å²) >= 11 is 0. The number of piperazine rings is 1. The molecule has 0 aromatic carbocycles. The average Bonchev–Trinajstić information content (AvgIpc) is 2.13. The zero-order valence-electron chi connectivity index (χ0n) is 7.91. The van der Waals surface area contributed by atoms with Crippen LogP contribution in [0.15, 0.2) is 0 Å². The summed E-state index contributed by atoms with van der Waals surface area (Å²) in [6.07, 6.45) is 0. The second-order valence-electron chi connectivity index (χ2n) is 2.79. The van der Waals surface area contributed by atoms with Crippen molar-refractivity contribution in [1.29, 1.82) is 0 Å². The van der Waals surface area contributed by atoms with E-state index in [1.807, 2.05) is 0 Å². The minimum absolute atomic E-state index is 0.153. The van der Waals surface area contributed by atoms with Gasteiger partial charge in [-0.3, -0.25) is 14.4 Å². The fourth-order valence-corrected chi connectivity index (χ4v) is 1.14. The first-order valence-electron chi connectivity index (χ1n) is 4.38. The largest absolute Gasteiger partial charge is 0.465 e. The first-order valence-corrected chi connectivity index (χ1v) is 4.38. The summed E-state index contributed by atoms with van der Waals surface area (Å²) in [7, 11) is 0. The van der Waals surface area contributed by atoms with Gasteiger partial charge in [0, 0.05) is 13.1 Å². The van der Waals surface area contributed by atoms with E-state index in [0.29, 0.717) is 13.1 Å². The molecule has 0 spiro atoms. The summed E-state index contributed by atoms with van der Waals surface area (Å²) in [5, 5.41) is 2.38. The molecule has 0 saturated carbocycles. The molecule has 1 aliphatic heterocycles. The van der Waals surface area contributed by atoms with Crippen molar-refractivity contribution in [2.75, 3.05) is 26.2 Å². The van der Waals surface area contributed by atoms with Gasteiger partial charge in [-0.25, -0.2) is 0 Å². The summed E-state index contributed by atoms with van der Waals surface area (Å²) < 4.78 is 4.66. The number of hydrogen-bond acceptors (Lipinski definition) is 4. The predicted molar refractivity (Wildman–Crippen MR) is 46.2 cm³/mol. The second-order valence-corrected chi connectivity index (χ2v) is 2.79. The summed E-state index contributed by atoms with van der Waals surface area (Å²) in [6, 6.07) is 0. The number of carbonyl (C=O) groups is 3. The van der Waals surface area contributed by atoms with Crippen molar-refractivity contribution in [1.82, 2.24) is 10.2 Å². The van der Waals surface area contributed by atoms with E-state index in [4.69, 9.17) is 0 Å². The SMILES string of the molecule is CCOC(=O)CN1CCNC(=O)C1=O. The minimum atomic E-state index is -0.677. The lowest BCUT2D eigenvalue weighted by Crippen LogP contribution is -2.53. The van der Waals surface area contributed by atoms with Gasteiger partial charge in [-0.1, -0.05) is 0 Å². The van der Waals surface area contributed by atoms with Gasteiger partial charge in [-0.2, -0.15) is 0 Å². The maximum absolute atomic E-state index is 11.2. The van der Waals surface area contributed by atoms with Gasteiger partial charge in [0.15, 0.2) is 0 Å². The molecule has 1 aliphatic rings. The van der Waals surface area contributed by atoms with E-state index in [-0.39, 0.29) is 13.2 Å². The molecule has 0 atom stereocenters. The first-order chi connectivity index (χ1) is 6.65. The number of hydrogen-bond donors (Lipinski definition) is 1. The Hall–Kier alpha value is -1.59. The van der Waals surface area contributed by atoms with E-state index in [0.717, 1.165) is 0 Å². The molecule has 0 unspecified atom stereocenters. The van der Waals surface area contributed by atoms with Crippen LogP contribution in [0, 0.1) is 0 Å². The number of nitrogens with zero attached hydrogens (tertiary/aromatic N) is 1. The average molecular weight is 200 g/mol. The topological polar surface area (TPSA) is 75.7 Å². The van der Waals surface area contributed by atoms with E-state index < -0.39 is 17.8 Å². The Morgan fingerprint density at radius 1 is 1.57 bits per heavy atom. The van der Waals surface area contributed by atoms with Crippen LogP contribution in [0.25, 0.3) is 0 Å². The molecule has 0 aliphatic carbocycles. The van der Waals surface area contributed by atoms with Gasteiger partial charge in [0.05, 0.1) is 6.61 Å². The summed E-state index contributed by atoms with van der Waals surface area (Å²) in [5.41, 5.74) is 0. The third-order valence-electron chi connectivity index (χ3n) is 1.77. The highest BCUT2D eigenvalue weighted by atomic mass is 16.5. The third-order valence-corrected chi connectivity index (χ3v) is 1.77. The minimum Gasteiger partial charge on any atom is -0.465 e. The van der Waals surface area contributed by atoms with Crippen molar-refractivity contribution in [2.45, 2.75) is 6.92 Å². The summed E-state index contributed by atoms with van der Waals surface area (Å²) in [6.45, 7) is 2.53. The molecule has 6 heteroatoms. The van der Waals surface area contributed by atoms with Gasteiger partial charge in [0.2, 0.25) is 0 Å². The molecule has 0 bridgehead atoms. The molecule has 2 amide bonds. The van der Waals surface area contributed by atoms with Crippen molar-refractivity contribution in [3.05, 3.63) is 0 Å². The molecule has 0 radical (unpaired) electrons. The van der Waals surface area contributed by atoms with Crippen molar-refractivity contribution in [3.8, 4) is 0 Å². The molecule has 1 fully saturated rings. The Morgan fingerprint density at radius 3 is 2.93 bits per heavy atom. The van der Waals surface area contributed by atoms with Crippen molar-refractivity contribution >= 4 is 17.8 Å². The van der Waals surface area contributed by atoms with Crippen molar-refractivity contribution < 1.29 is 19.1 Å². The van der Waals surface area contributed by atoms with Crippen LogP contribution in [0.1, 0.15) is 6.92 Å². The zero-order valence-corrected chi connectivity index (χ0v) is 7.91. The summed E-state index contributed by atoms with van der Waals surface area (Å²) in [5.74, 6) is -1.83. The van der Waals surface area contributed by atoms with Crippen LogP contribution in [0.4, 0.5) is 0 Å². The lowest BCUT2D eigenvalue weighted by Gasteiger charge is -2.25. The van der Waals surface area contributed by atoms with E-state index in [1.165, 1.54) is 4.90 Å². The van der Waals surface area contributed by atoms with E-state index in [9.17, 15) is 14.4 Å². The lowest BCUT2D eigenvalue weighted by molar-refractivity contribution is -0.154. The Morgan fingerprint density at radius 2 is 2.29 bits per heavy atom. The van der Waals surface area contributed by atoms with E-state index in [2.05, 4.69) is 10.1 Å². The number of carbonyl (C=O) groups excluding carboxylic acids is 3. The first kappa shape index (κ1) is 10.5. The van der Waals surface area contributed by atoms with Crippen LogP contribution in [0.5, 0.6) is 0 Å². The third kappa shape index (κ3) is 2.45. The molecule has 0 aromatic heterocycles. The maximum Gasteiger partial charge on any atom is 0.325 e. The highest BCUT2D eigenvalue weighted by Crippen LogP contribution is 1.96. The van der Waals surface area contributed by atoms with Crippen molar-refractivity contribution in [2.24, 2.45) is 0 Å². The molecule has 0 aromatic rings. The standard InChI is InChI=1S/C8H12N2O4/c1-2-14-6(11)5-10-4-3-9-7(12)8(10)13/h2-5H2,1H3,(H,9,12). The van der Waals surface area contributed by atoms with Gasteiger partial charge in [-0.15, -0.1) is 0 Å². The summed E-state index contributed by atoms with van der Waals surface area (Å²) in [4.78, 5) is 34.3. The Balaban J connectivity index is 2.47. The van der Waals surface area contributed by atoms with Crippen LogP contribution in [0.3, 0.4) is 0 Å². The Kier molecular flexibility index (Phi) is 3.44. The fraction of sp³-hybridized carbons (Fsp3) is 0.625. The molecule has 1 heterocycles. The monoisotopic (exact) mass is 200 g/mol. The van der Waals surface area contributed by atoms with Gasteiger partial charge in [0.1, 0.15) is 6.54 Å². The number of ether oxygens (including phenoxy) is 1. The molecule has 14 heavy (non-hydrogen) atoms. The molecule has 1 saturated heterocycles. The van der Waals surface area contributed by atoms with Gasteiger partial charge >= 0.3 is 17.8 Å². The fourth-order valence-electron chi connectivity index (χ4n) is 1.14. The molecule has 1 N–H and O–H groups in total. The highest BCUT2D eigenvalue weighted by Gasteiger charge is 2.27. The van der Waals surface area contributed by atoms with Gasteiger partial charge in [0.25, 0.3) is 0 Å². The molecule has 1 rings (SSSR count). The van der Waals surface area contributed by atoms with Crippen LogP contribution in [0.2, 0.25) is 0 Å². The lowest BCUT2D eigenvalue weighted by atomic mass is 10.3. The van der Waals surface area contributed by atoms with Gasteiger partial charge in [-0.05, 0) is 6.92 Å². The highest BCUT2D eigenvalue weighted by molar-refractivity contribution is 6.35. The molecule has 78 valence electrons. The predicted octanol–water partition coefficient (Wildman–Crippen LogP) is -1.49. The van der Waals surface area contributed by atoms with Crippen LogP contribution >= 0.6 is 0 Å². The number of nitrogens with one attached hydrogen (secondary N) is 1. The van der Waals surface area contributed by atoms with Crippen LogP contribution < -0.4 is 5.32 Å². The Labute approximate surface area is 81.2 Å². The number of rotatable bonds is 3.